The molecular weight excluding hydrogens is 1270 g/mol. The van der Waals surface area contributed by atoms with Crippen LogP contribution in [0.25, 0.3) is 6.08 Å². The number of nitrogens with zero attached hydrogens (tertiary/aromatic N) is 1. The molecule has 2 heterocycles. The highest BCUT2D eigenvalue weighted by atomic mass is 35.6. The van der Waals surface area contributed by atoms with Crippen molar-refractivity contribution in [3.05, 3.63) is 148 Å². The molecule has 470 valence electrons. The van der Waals surface area contributed by atoms with Crippen LogP contribution in [0, 0.1) is 22.7 Å². The van der Waals surface area contributed by atoms with Crippen molar-refractivity contribution in [2.24, 2.45) is 22.7 Å². The molecule has 88 heavy (non-hydrogen) atoms. The van der Waals surface area contributed by atoms with Crippen LogP contribution < -0.4 is 9.47 Å². The molecule has 12 atom stereocenters. The summed E-state index contributed by atoms with van der Waals surface area (Å²) in [5.41, 5.74) is -7.59. The molecule has 2 aliphatic heterocycles. The number of carbonyl (C=O) groups excluding carboxylic acids is 7. The molecule has 19 nitrogen and oxygen atoms in total. The van der Waals surface area contributed by atoms with Crippen LogP contribution >= 0.6 is 69.6 Å². The zero-order valence-electron chi connectivity index (χ0n) is 48.8. The first-order chi connectivity index (χ1) is 41.4. The minimum Gasteiger partial charge on any atom is -0.493 e. The Morgan fingerprint density at radius 2 is 1.35 bits per heavy atom. The second-order valence-electron chi connectivity index (χ2n) is 22.9. The van der Waals surface area contributed by atoms with E-state index in [0.29, 0.717) is 22.4 Å². The highest BCUT2D eigenvalue weighted by molar-refractivity contribution is 6.68. The van der Waals surface area contributed by atoms with Crippen molar-refractivity contribution < 1.29 is 86.0 Å². The van der Waals surface area contributed by atoms with Gasteiger partial charge in [-0.1, -0.05) is 168 Å². The van der Waals surface area contributed by atoms with Crippen molar-refractivity contribution >= 4 is 117 Å². The summed E-state index contributed by atoms with van der Waals surface area (Å²) in [6.45, 7) is 6.15. The number of hydrogen-bond donors (Lipinski definition) is 1. The monoisotopic (exact) mass is 1330 g/mol. The number of carbonyl (C=O) groups is 7. The molecule has 5 aliphatic rings. The fourth-order valence-electron chi connectivity index (χ4n) is 13.2. The van der Waals surface area contributed by atoms with Gasteiger partial charge in [0.05, 0.1) is 43.8 Å². The average molecular weight is 1330 g/mol. The van der Waals surface area contributed by atoms with E-state index in [1.165, 1.54) is 58.9 Å². The summed E-state index contributed by atoms with van der Waals surface area (Å²) in [7, 11) is 2.89. The number of rotatable bonds is 15. The summed E-state index contributed by atoms with van der Waals surface area (Å²) < 4.78 is 56.2. The Balaban J connectivity index is 1.26. The van der Waals surface area contributed by atoms with Crippen LogP contribution in [0.2, 0.25) is 0 Å². The van der Waals surface area contributed by atoms with Gasteiger partial charge < -0.3 is 52.5 Å². The van der Waals surface area contributed by atoms with Gasteiger partial charge in [-0.25, -0.2) is 14.4 Å². The Morgan fingerprint density at radius 3 is 1.93 bits per heavy atom. The van der Waals surface area contributed by atoms with E-state index in [-0.39, 0.29) is 28.0 Å². The maximum atomic E-state index is 16.7. The summed E-state index contributed by atoms with van der Waals surface area (Å²) in [6.07, 6.45) is -10.8. The smallest absolute Gasteiger partial charge is 0.493 e. The minimum absolute atomic E-state index is 0.0117. The molecule has 2 bridgehead atoms. The number of ether oxygens (including phenoxy) is 10. The molecular formula is C63H63Cl6NO18. The van der Waals surface area contributed by atoms with E-state index in [2.05, 4.69) is 0 Å². The van der Waals surface area contributed by atoms with Crippen LogP contribution in [0.4, 0.5) is 4.79 Å². The highest BCUT2D eigenvalue weighted by Gasteiger charge is 2.79. The molecule has 9 rings (SSSR count). The fourth-order valence-corrected chi connectivity index (χ4v) is 13.5. The van der Waals surface area contributed by atoms with E-state index >= 15 is 19.2 Å². The third-order valence-corrected chi connectivity index (χ3v) is 18.0. The predicted octanol–water partition coefficient (Wildman–Crippen LogP) is 11.1. The van der Waals surface area contributed by atoms with Gasteiger partial charge in [0.25, 0.3) is 5.91 Å². The van der Waals surface area contributed by atoms with E-state index in [1.807, 2.05) is 30.3 Å². The zero-order valence-corrected chi connectivity index (χ0v) is 53.3. The first kappa shape index (κ1) is 66.3. The zero-order chi connectivity index (χ0) is 64.1. The number of esters is 4. The van der Waals surface area contributed by atoms with Gasteiger partial charge in [-0.15, -0.1) is 0 Å². The van der Waals surface area contributed by atoms with Crippen LogP contribution in [0.15, 0.2) is 126 Å². The molecule has 1 amide bonds. The predicted molar refractivity (Wildman–Crippen MR) is 322 cm³/mol. The Morgan fingerprint density at radius 1 is 0.750 bits per heavy atom. The van der Waals surface area contributed by atoms with E-state index in [9.17, 15) is 19.5 Å². The van der Waals surface area contributed by atoms with Crippen LogP contribution in [0.5, 0.6) is 11.5 Å². The van der Waals surface area contributed by atoms with Crippen molar-refractivity contribution in [1.29, 1.82) is 0 Å². The summed E-state index contributed by atoms with van der Waals surface area (Å²) in [6, 6.07) is 28.9. The molecule has 2 saturated carbocycles. The van der Waals surface area contributed by atoms with Gasteiger partial charge in [0.1, 0.15) is 49.1 Å². The fraction of sp³-hybridized carbons (Fsp3) is 0.444. The molecule has 0 spiro atoms. The van der Waals surface area contributed by atoms with Crippen molar-refractivity contribution in [3.8, 4) is 11.5 Å². The Labute approximate surface area is 537 Å². The van der Waals surface area contributed by atoms with Gasteiger partial charge in [0, 0.05) is 36.3 Å². The first-order valence-electron chi connectivity index (χ1n) is 27.8. The van der Waals surface area contributed by atoms with Crippen LogP contribution in [-0.4, -0.2) is 135 Å². The normalized spacial score (nSPS) is 29.1. The molecule has 4 aromatic rings. The Kier molecular flexibility index (Phi) is 19.3. The minimum atomic E-state index is -2.67. The van der Waals surface area contributed by atoms with Crippen molar-refractivity contribution in [2.45, 2.75) is 116 Å². The second-order valence-corrected chi connectivity index (χ2v) is 28.0. The standard InChI is InChI=1S/C63H63Cl6NO18/c1-33(26-36-18-12-9-13-19-36)52(73)70-47(37-20-14-10-15-21-37)48(86-53(70)39-24-25-40(79-7)41(27-39)80-8)56(76)84-42-29-61(78)51(87-54(74)38-22-16-11-17-23-38)49-59(6,50(72)45(46(34(42)2)58(61,4)5)55(75)82-31-62(64,65)66)43(85-57(77)83-32-63(67,68)69)28-44-60(49,30-81-44)88-35(3)71/h9-27,42-45,47-49,51,53,78H,28-32H2,1-8H3/t42-,43-,44+,45+,47-,48+,49-,51-,53?,59+,60-,61?/m0/s1. The Hall–Kier alpha value is -6.13. The van der Waals surface area contributed by atoms with Gasteiger partial charge >= 0.3 is 30.0 Å². The average Bonchev–Trinajstić information content (AvgIpc) is 0.776. The lowest BCUT2D eigenvalue weighted by Gasteiger charge is -2.67. The molecule has 4 aromatic carbocycles. The van der Waals surface area contributed by atoms with E-state index in [1.54, 1.807) is 79.7 Å². The van der Waals surface area contributed by atoms with E-state index in [0.717, 1.165) is 6.92 Å². The van der Waals surface area contributed by atoms with Gasteiger partial charge in [0.2, 0.25) is 7.59 Å². The van der Waals surface area contributed by atoms with Crippen LogP contribution in [0.1, 0.15) is 93.7 Å². The third-order valence-electron chi connectivity index (χ3n) is 17.3. The number of ketones is 1. The number of Topliss-reactive ketones (excluding diaryl/α,β-unsaturated/α-hetero) is 1. The molecule has 0 radical (unpaired) electrons. The van der Waals surface area contributed by atoms with Gasteiger partial charge in [-0.3, -0.25) is 24.1 Å². The van der Waals surface area contributed by atoms with Gasteiger partial charge in [0.15, 0.2) is 35.2 Å². The maximum Gasteiger partial charge on any atom is 0.508 e. The number of fused-ring (bicyclic) bond motifs is 5. The number of amides is 1. The van der Waals surface area contributed by atoms with Gasteiger partial charge in [-0.2, -0.15) is 0 Å². The van der Waals surface area contributed by atoms with Crippen molar-refractivity contribution in [2.75, 3.05) is 34.0 Å². The topological polar surface area (TPSA) is 235 Å². The number of halogens is 6. The van der Waals surface area contributed by atoms with Crippen molar-refractivity contribution in [1.82, 2.24) is 4.90 Å². The lowest BCUT2D eigenvalue weighted by Crippen LogP contribution is -2.82. The lowest BCUT2D eigenvalue weighted by atomic mass is 9.43. The summed E-state index contributed by atoms with van der Waals surface area (Å²) >= 11 is 36.4. The number of aliphatic hydroxyl groups is 1. The number of methoxy groups -OCH3 is 2. The Bertz CT molecular complexity index is 3410. The second kappa shape index (κ2) is 25.6. The first-order valence-corrected chi connectivity index (χ1v) is 30.0. The number of alkyl halides is 6. The quantitative estimate of drug-likeness (QED) is 0.0291. The summed E-state index contributed by atoms with van der Waals surface area (Å²) in [4.78, 5) is 107. The summed E-state index contributed by atoms with van der Waals surface area (Å²) in [5.74, 6) is -9.52. The largest absolute Gasteiger partial charge is 0.508 e. The van der Waals surface area contributed by atoms with Crippen LogP contribution in [0.3, 0.4) is 0 Å². The highest BCUT2D eigenvalue weighted by Crippen LogP contribution is 2.66. The SMILES string of the molecule is COc1ccc(C2O[C@@H](C(=O)O[C@H]3CC4(O)[C@@H](OC(=O)c5ccccc5)[C@@H]5[C@]6(OC(C)=O)CO[C@@H]6C[C@H](OC(=O)OCC(Cl)(Cl)Cl)[C@@]5(C)C(=O)[C@H](C(=O)OCC(Cl)(Cl)Cl)C(=C3C)C4(C)C)[C@H](c3ccccc3)N2C(=O)C(C)=Cc2ccccc2)cc1OC. The number of benzene rings is 4. The molecule has 3 aliphatic carbocycles. The lowest BCUT2D eigenvalue weighted by molar-refractivity contribution is -0.345. The van der Waals surface area contributed by atoms with E-state index in [4.69, 9.17) is 117 Å². The third kappa shape index (κ3) is 12.7. The maximum absolute atomic E-state index is 16.7. The molecule has 2 unspecified atom stereocenters. The summed E-state index contributed by atoms with van der Waals surface area (Å²) in [5, 5.41) is 14.5. The van der Waals surface area contributed by atoms with Gasteiger partial charge in [-0.05, 0) is 73.4 Å². The van der Waals surface area contributed by atoms with E-state index < -0.39 is 159 Å². The molecule has 1 N–H and O–H groups in total. The number of hydrogen-bond acceptors (Lipinski definition) is 18. The molecule has 4 fully saturated rings. The molecule has 2 saturated heterocycles. The molecule has 25 heteroatoms. The van der Waals surface area contributed by atoms with Crippen LogP contribution in [-0.2, 0) is 61.9 Å². The molecule has 0 aromatic heterocycles. The van der Waals surface area contributed by atoms with Crippen molar-refractivity contribution in [3.63, 3.8) is 0 Å².